The Morgan fingerprint density at radius 1 is 1.42 bits per heavy atom. The van der Waals surface area contributed by atoms with Gasteiger partial charge < -0.3 is 5.32 Å². The van der Waals surface area contributed by atoms with Crippen LogP contribution >= 0.6 is 23.5 Å². The molecule has 0 spiro atoms. The van der Waals surface area contributed by atoms with E-state index in [1.165, 1.54) is 12.8 Å². The maximum absolute atomic E-state index is 12.0. The van der Waals surface area contributed by atoms with Gasteiger partial charge in [-0.3, -0.25) is 9.78 Å². The predicted molar refractivity (Wildman–Crippen MR) is 82.7 cm³/mol. The van der Waals surface area contributed by atoms with Gasteiger partial charge >= 0.3 is 0 Å². The van der Waals surface area contributed by atoms with Crippen LogP contribution in [-0.2, 0) is 4.79 Å². The third-order valence-electron chi connectivity index (χ3n) is 3.20. The number of thioether (sulfide) groups is 2. The molecule has 0 radical (unpaired) electrons. The van der Waals surface area contributed by atoms with Gasteiger partial charge in [-0.15, -0.1) is 11.8 Å². The van der Waals surface area contributed by atoms with E-state index in [-0.39, 0.29) is 5.91 Å². The van der Waals surface area contributed by atoms with Crippen LogP contribution in [0.4, 0.5) is 0 Å². The summed E-state index contributed by atoms with van der Waals surface area (Å²) >= 11 is 3.54. The van der Waals surface area contributed by atoms with Crippen molar-refractivity contribution >= 4 is 29.4 Å². The van der Waals surface area contributed by atoms with Gasteiger partial charge in [0.05, 0.1) is 5.75 Å². The molecule has 1 aromatic rings. The van der Waals surface area contributed by atoms with Gasteiger partial charge in [-0.05, 0) is 30.7 Å². The molecule has 5 heteroatoms. The van der Waals surface area contributed by atoms with Gasteiger partial charge in [-0.2, -0.15) is 11.8 Å². The van der Waals surface area contributed by atoms with Crippen LogP contribution in [0.1, 0.15) is 26.2 Å². The molecule has 1 aliphatic rings. The first-order chi connectivity index (χ1) is 9.29. The molecule has 2 unspecified atom stereocenters. The van der Waals surface area contributed by atoms with Gasteiger partial charge in [-0.1, -0.05) is 13.3 Å². The standard InChI is InChI=1S/C14H20N2OS2/c1-2-18-13-5-3-4-12(13)16-14(17)10-19-11-6-8-15-9-7-11/h6-9,12-13H,2-5,10H2,1H3,(H,16,17). The fourth-order valence-corrected chi connectivity index (χ4v) is 4.23. The van der Waals surface area contributed by atoms with Crippen LogP contribution in [0.3, 0.4) is 0 Å². The Morgan fingerprint density at radius 3 is 2.95 bits per heavy atom. The predicted octanol–water partition coefficient (Wildman–Crippen LogP) is 2.96. The summed E-state index contributed by atoms with van der Waals surface area (Å²) in [6.07, 6.45) is 7.11. The van der Waals surface area contributed by atoms with Crippen molar-refractivity contribution in [2.75, 3.05) is 11.5 Å². The summed E-state index contributed by atoms with van der Waals surface area (Å²) in [6.45, 7) is 2.18. The molecule has 2 rings (SSSR count). The van der Waals surface area contributed by atoms with E-state index in [0.717, 1.165) is 17.1 Å². The zero-order valence-electron chi connectivity index (χ0n) is 11.2. The number of hydrogen-bond donors (Lipinski definition) is 1. The molecule has 0 aromatic carbocycles. The van der Waals surface area contributed by atoms with E-state index in [0.29, 0.717) is 17.0 Å². The largest absolute Gasteiger partial charge is 0.352 e. The van der Waals surface area contributed by atoms with Gasteiger partial charge in [0.2, 0.25) is 5.91 Å². The Labute approximate surface area is 123 Å². The third-order valence-corrected chi connectivity index (χ3v) is 5.54. The summed E-state index contributed by atoms with van der Waals surface area (Å²) in [6, 6.07) is 4.24. The van der Waals surface area contributed by atoms with Crippen molar-refractivity contribution in [2.45, 2.75) is 42.4 Å². The summed E-state index contributed by atoms with van der Waals surface area (Å²) in [4.78, 5) is 17.0. The van der Waals surface area contributed by atoms with Crippen molar-refractivity contribution < 1.29 is 4.79 Å². The van der Waals surface area contributed by atoms with E-state index < -0.39 is 0 Å². The van der Waals surface area contributed by atoms with Gasteiger partial charge in [0, 0.05) is 28.6 Å². The summed E-state index contributed by atoms with van der Waals surface area (Å²) in [5.41, 5.74) is 0. The number of hydrogen-bond acceptors (Lipinski definition) is 4. The van der Waals surface area contributed by atoms with E-state index in [4.69, 9.17) is 0 Å². The topological polar surface area (TPSA) is 42.0 Å². The third kappa shape index (κ3) is 4.73. The highest BCUT2D eigenvalue weighted by Crippen LogP contribution is 2.30. The number of nitrogens with one attached hydrogen (secondary N) is 1. The van der Waals surface area contributed by atoms with Crippen LogP contribution in [0.5, 0.6) is 0 Å². The molecule has 1 heterocycles. The molecular formula is C14H20N2OS2. The second-order valence-corrected chi connectivity index (χ2v) is 7.14. The molecule has 3 nitrogen and oxygen atoms in total. The summed E-state index contributed by atoms with van der Waals surface area (Å²) < 4.78 is 0. The summed E-state index contributed by atoms with van der Waals surface area (Å²) in [5, 5.41) is 3.80. The maximum Gasteiger partial charge on any atom is 0.230 e. The first-order valence-electron chi connectivity index (χ1n) is 6.73. The zero-order valence-corrected chi connectivity index (χ0v) is 12.8. The molecule has 0 aliphatic heterocycles. The molecule has 1 saturated carbocycles. The molecule has 19 heavy (non-hydrogen) atoms. The van der Waals surface area contributed by atoms with E-state index in [1.54, 1.807) is 24.2 Å². The molecular weight excluding hydrogens is 276 g/mol. The van der Waals surface area contributed by atoms with Crippen LogP contribution in [0, 0.1) is 0 Å². The molecule has 104 valence electrons. The molecule has 1 aromatic heterocycles. The number of rotatable bonds is 6. The summed E-state index contributed by atoms with van der Waals surface area (Å²) in [7, 11) is 0. The van der Waals surface area contributed by atoms with Crippen molar-refractivity contribution in [3.05, 3.63) is 24.5 Å². The monoisotopic (exact) mass is 296 g/mol. The molecule has 1 aliphatic carbocycles. The number of carbonyl (C=O) groups is 1. The Bertz CT molecular complexity index is 400. The lowest BCUT2D eigenvalue weighted by atomic mass is 10.2. The van der Waals surface area contributed by atoms with Crippen LogP contribution in [0.15, 0.2) is 29.4 Å². The molecule has 0 bridgehead atoms. The number of nitrogens with zero attached hydrogens (tertiary/aromatic N) is 1. The summed E-state index contributed by atoms with van der Waals surface area (Å²) in [5.74, 6) is 1.77. The van der Waals surface area contributed by atoms with Crippen molar-refractivity contribution in [1.29, 1.82) is 0 Å². The van der Waals surface area contributed by atoms with Crippen LogP contribution in [0.25, 0.3) is 0 Å². The van der Waals surface area contributed by atoms with Gasteiger partial charge in [0.1, 0.15) is 0 Å². The first kappa shape index (κ1) is 14.7. The Balaban J connectivity index is 1.75. The fourth-order valence-electron chi connectivity index (χ4n) is 2.34. The van der Waals surface area contributed by atoms with Crippen LogP contribution < -0.4 is 5.32 Å². The number of carbonyl (C=O) groups excluding carboxylic acids is 1. The molecule has 0 saturated heterocycles. The highest BCUT2D eigenvalue weighted by Gasteiger charge is 2.28. The van der Waals surface area contributed by atoms with Gasteiger partial charge in [0.15, 0.2) is 0 Å². The lowest BCUT2D eigenvalue weighted by molar-refractivity contribution is -0.119. The van der Waals surface area contributed by atoms with Crippen molar-refractivity contribution in [2.24, 2.45) is 0 Å². The number of amides is 1. The molecule has 1 N–H and O–H groups in total. The SMILES string of the molecule is CCSC1CCCC1NC(=O)CSc1ccncc1. The Hall–Kier alpha value is -0.680. The Kier molecular flexibility index (Phi) is 6.04. The molecule has 1 fully saturated rings. The fraction of sp³-hybridized carbons (Fsp3) is 0.571. The average molecular weight is 296 g/mol. The smallest absolute Gasteiger partial charge is 0.230 e. The normalized spacial score (nSPS) is 22.4. The van der Waals surface area contributed by atoms with Crippen LogP contribution in [0.2, 0.25) is 0 Å². The van der Waals surface area contributed by atoms with Crippen molar-refractivity contribution in [3.8, 4) is 0 Å². The maximum atomic E-state index is 12.0. The van der Waals surface area contributed by atoms with E-state index in [2.05, 4.69) is 17.2 Å². The van der Waals surface area contributed by atoms with Gasteiger partial charge in [-0.25, -0.2) is 0 Å². The van der Waals surface area contributed by atoms with Crippen molar-refractivity contribution in [3.63, 3.8) is 0 Å². The van der Waals surface area contributed by atoms with E-state index in [9.17, 15) is 4.79 Å². The second kappa shape index (κ2) is 7.80. The minimum Gasteiger partial charge on any atom is -0.352 e. The van der Waals surface area contributed by atoms with E-state index >= 15 is 0 Å². The quantitative estimate of drug-likeness (QED) is 0.820. The van der Waals surface area contributed by atoms with Crippen LogP contribution in [-0.4, -0.2) is 33.7 Å². The number of pyridine rings is 1. The lowest BCUT2D eigenvalue weighted by Crippen LogP contribution is -2.39. The average Bonchev–Trinajstić information content (AvgIpc) is 2.85. The highest BCUT2D eigenvalue weighted by atomic mass is 32.2. The Morgan fingerprint density at radius 2 is 2.21 bits per heavy atom. The lowest BCUT2D eigenvalue weighted by Gasteiger charge is -2.20. The first-order valence-corrected chi connectivity index (χ1v) is 8.77. The van der Waals surface area contributed by atoms with E-state index in [1.807, 2.05) is 23.9 Å². The minimum atomic E-state index is 0.149. The molecule has 2 atom stereocenters. The zero-order chi connectivity index (χ0) is 13.5. The minimum absolute atomic E-state index is 0.149. The second-order valence-electron chi connectivity index (χ2n) is 4.57. The van der Waals surface area contributed by atoms with Crippen molar-refractivity contribution in [1.82, 2.24) is 10.3 Å². The molecule has 1 amide bonds. The van der Waals surface area contributed by atoms with Gasteiger partial charge in [0.25, 0.3) is 0 Å². The number of aromatic nitrogens is 1. The highest BCUT2D eigenvalue weighted by molar-refractivity contribution is 8.00.